The van der Waals surface area contributed by atoms with Crippen molar-refractivity contribution in [3.8, 4) is 0 Å². The second-order valence-corrected chi connectivity index (χ2v) is 4.09. The minimum Gasteiger partial charge on any atom is -0.469 e. The van der Waals surface area contributed by atoms with Crippen LogP contribution in [0.1, 0.15) is 25.7 Å². The Bertz CT molecular complexity index is 237. The number of nitrogens with one attached hydrogen (secondary N) is 2. The highest BCUT2D eigenvalue weighted by atomic mass is 16.5. The van der Waals surface area contributed by atoms with E-state index in [0.717, 1.165) is 25.9 Å². The molecule has 5 heteroatoms. The molecule has 0 aromatic rings. The molecule has 1 heterocycles. The quantitative estimate of drug-likeness (QED) is 0.653. The average molecular weight is 228 g/mol. The third-order valence-electron chi connectivity index (χ3n) is 2.75. The highest BCUT2D eigenvalue weighted by Crippen LogP contribution is 2.13. The average Bonchev–Trinajstić information content (AvgIpc) is 2.30. The number of ether oxygens (including phenoxy) is 1. The Morgan fingerprint density at radius 3 is 2.94 bits per heavy atom. The number of methoxy groups -OCH3 is 1. The lowest BCUT2D eigenvalue weighted by atomic mass is 9.96. The minimum atomic E-state index is -0.292. The van der Waals surface area contributed by atoms with Crippen LogP contribution in [0.3, 0.4) is 0 Å². The summed E-state index contributed by atoms with van der Waals surface area (Å²) in [4.78, 5) is 22.3. The number of carbonyl (C=O) groups is 2. The van der Waals surface area contributed by atoms with Gasteiger partial charge in [-0.1, -0.05) is 0 Å². The molecule has 0 saturated carbocycles. The van der Waals surface area contributed by atoms with Gasteiger partial charge in [0.2, 0.25) is 5.91 Å². The van der Waals surface area contributed by atoms with Crippen molar-refractivity contribution in [3.05, 3.63) is 0 Å². The molecule has 1 aliphatic heterocycles. The maximum absolute atomic E-state index is 11.5. The molecular weight excluding hydrogens is 208 g/mol. The molecule has 0 aromatic carbocycles. The fourth-order valence-electron chi connectivity index (χ4n) is 1.84. The standard InChI is InChI=1S/C11H20N2O3/c1-16-11(15)4-6-13-10(14)7-9-3-2-5-12-8-9/h9,12H,2-8H2,1H3,(H,13,14). The van der Waals surface area contributed by atoms with Crippen molar-refractivity contribution in [2.75, 3.05) is 26.7 Å². The second-order valence-electron chi connectivity index (χ2n) is 4.09. The summed E-state index contributed by atoms with van der Waals surface area (Å²) in [5.41, 5.74) is 0. The summed E-state index contributed by atoms with van der Waals surface area (Å²) in [6.07, 6.45) is 3.04. The van der Waals surface area contributed by atoms with Crippen LogP contribution in [0.5, 0.6) is 0 Å². The highest BCUT2D eigenvalue weighted by molar-refractivity contribution is 5.77. The van der Waals surface area contributed by atoms with Gasteiger partial charge in [-0.3, -0.25) is 9.59 Å². The molecule has 1 unspecified atom stereocenters. The van der Waals surface area contributed by atoms with Crippen LogP contribution in [0, 0.1) is 5.92 Å². The van der Waals surface area contributed by atoms with Gasteiger partial charge in [-0.15, -0.1) is 0 Å². The van der Waals surface area contributed by atoms with E-state index in [1.54, 1.807) is 0 Å². The van der Waals surface area contributed by atoms with Gasteiger partial charge in [0.15, 0.2) is 0 Å². The summed E-state index contributed by atoms with van der Waals surface area (Å²) in [6, 6.07) is 0. The molecule has 0 bridgehead atoms. The normalized spacial score (nSPS) is 20.2. The summed E-state index contributed by atoms with van der Waals surface area (Å²) >= 11 is 0. The van der Waals surface area contributed by atoms with Crippen molar-refractivity contribution >= 4 is 11.9 Å². The van der Waals surface area contributed by atoms with Gasteiger partial charge in [-0.2, -0.15) is 0 Å². The summed E-state index contributed by atoms with van der Waals surface area (Å²) in [5, 5.41) is 6.00. The van der Waals surface area contributed by atoms with Crippen molar-refractivity contribution in [1.29, 1.82) is 0 Å². The van der Waals surface area contributed by atoms with E-state index in [1.807, 2.05) is 0 Å². The van der Waals surface area contributed by atoms with Gasteiger partial charge in [-0.25, -0.2) is 0 Å². The van der Waals surface area contributed by atoms with E-state index in [1.165, 1.54) is 7.11 Å². The molecule has 5 nitrogen and oxygen atoms in total. The Balaban J connectivity index is 2.08. The van der Waals surface area contributed by atoms with Gasteiger partial charge in [0.1, 0.15) is 0 Å². The highest BCUT2D eigenvalue weighted by Gasteiger charge is 2.16. The van der Waals surface area contributed by atoms with Crippen LogP contribution >= 0.6 is 0 Å². The Morgan fingerprint density at radius 1 is 1.50 bits per heavy atom. The van der Waals surface area contributed by atoms with Crippen LogP contribution in [0.2, 0.25) is 0 Å². The number of hydrogen-bond donors (Lipinski definition) is 2. The zero-order chi connectivity index (χ0) is 11.8. The van der Waals surface area contributed by atoms with E-state index in [2.05, 4.69) is 15.4 Å². The van der Waals surface area contributed by atoms with Gasteiger partial charge in [0, 0.05) is 13.0 Å². The smallest absolute Gasteiger partial charge is 0.307 e. The molecule has 1 fully saturated rings. The first-order chi connectivity index (χ1) is 7.72. The third kappa shape index (κ3) is 5.11. The van der Waals surface area contributed by atoms with Gasteiger partial charge in [0.05, 0.1) is 13.5 Å². The fourth-order valence-corrected chi connectivity index (χ4v) is 1.84. The lowest BCUT2D eigenvalue weighted by Gasteiger charge is -2.21. The van der Waals surface area contributed by atoms with Crippen molar-refractivity contribution in [2.45, 2.75) is 25.7 Å². The van der Waals surface area contributed by atoms with Gasteiger partial charge in [-0.05, 0) is 31.8 Å². The number of amides is 1. The van der Waals surface area contributed by atoms with Gasteiger partial charge < -0.3 is 15.4 Å². The summed E-state index contributed by atoms with van der Waals surface area (Å²) < 4.78 is 4.48. The molecule has 2 N–H and O–H groups in total. The molecule has 0 spiro atoms. The molecular formula is C11H20N2O3. The van der Waals surface area contributed by atoms with Gasteiger partial charge >= 0.3 is 5.97 Å². The van der Waals surface area contributed by atoms with E-state index in [-0.39, 0.29) is 18.3 Å². The Morgan fingerprint density at radius 2 is 2.31 bits per heavy atom. The number of carbonyl (C=O) groups excluding carboxylic acids is 2. The maximum Gasteiger partial charge on any atom is 0.307 e. The molecule has 1 atom stereocenters. The molecule has 1 saturated heterocycles. The zero-order valence-corrected chi connectivity index (χ0v) is 9.75. The molecule has 0 aromatic heterocycles. The van der Waals surface area contributed by atoms with Crippen LogP contribution in [0.15, 0.2) is 0 Å². The maximum atomic E-state index is 11.5. The first kappa shape index (κ1) is 13.0. The van der Waals surface area contributed by atoms with E-state index >= 15 is 0 Å². The largest absolute Gasteiger partial charge is 0.469 e. The Kier molecular flexibility index (Phi) is 5.85. The zero-order valence-electron chi connectivity index (χ0n) is 9.75. The predicted molar refractivity (Wildman–Crippen MR) is 59.9 cm³/mol. The van der Waals surface area contributed by atoms with Crippen molar-refractivity contribution in [2.24, 2.45) is 5.92 Å². The molecule has 1 amide bonds. The Labute approximate surface area is 95.9 Å². The van der Waals surface area contributed by atoms with Crippen molar-refractivity contribution in [1.82, 2.24) is 10.6 Å². The predicted octanol–water partition coefficient (Wildman–Crippen LogP) is 0.0554. The molecule has 1 rings (SSSR count). The molecule has 0 aliphatic carbocycles. The van der Waals surface area contributed by atoms with Crippen molar-refractivity contribution < 1.29 is 14.3 Å². The van der Waals surface area contributed by atoms with Crippen LogP contribution in [-0.4, -0.2) is 38.6 Å². The van der Waals surface area contributed by atoms with E-state index < -0.39 is 0 Å². The number of esters is 1. The second kappa shape index (κ2) is 7.22. The lowest BCUT2D eigenvalue weighted by Crippen LogP contribution is -2.34. The summed E-state index contributed by atoms with van der Waals surface area (Å²) in [5.74, 6) is 0.170. The van der Waals surface area contributed by atoms with Crippen LogP contribution in [0.4, 0.5) is 0 Å². The molecule has 92 valence electrons. The SMILES string of the molecule is COC(=O)CCNC(=O)CC1CCCNC1. The molecule has 1 aliphatic rings. The summed E-state index contributed by atoms with van der Waals surface area (Å²) in [6.45, 7) is 2.34. The Hall–Kier alpha value is -1.10. The number of hydrogen-bond acceptors (Lipinski definition) is 4. The number of piperidine rings is 1. The minimum absolute atomic E-state index is 0.0256. The first-order valence-corrected chi connectivity index (χ1v) is 5.76. The van der Waals surface area contributed by atoms with E-state index in [9.17, 15) is 9.59 Å². The van der Waals surface area contributed by atoms with Crippen LogP contribution in [-0.2, 0) is 14.3 Å². The molecule has 0 radical (unpaired) electrons. The lowest BCUT2D eigenvalue weighted by molar-refractivity contribution is -0.140. The van der Waals surface area contributed by atoms with Crippen LogP contribution < -0.4 is 10.6 Å². The van der Waals surface area contributed by atoms with E-state index in [4.69, 9.17) is 0 Å². The monoisotopic (exact) mass is 228 g/mol. The summed E-state index contributed by atoms with van der Waals surface area (Å²) in [7, 11) is 1.35. The third-order valence-corrected chi connectivity index (χ3v) is 2.75. The van der Waals surface area contributed by atoms with Crippen molar-refractivity contribution in [3.63, 3.8) is 0 Å². The van der Waals surface area contributed by atoms with E-state index in [0.29, 0.717) is 18.9 Å². The fraction of sp³-hybridized carbons (Fsp3) is 0.818. The topological polar surface area (TPSA) is 67.4 Å². The number of rotatable bonds is 5. The first-order valence-electron chi connectivity index (χ1n) is 5.76. The van der Waals surface area contributed by atoms with Gasteiger partial charge in [0.25, 0.3) is 0 Å². The van der Waals surface area contributed by atoms with Crippen LogP contribution in [0.25, 0.3) is 0 Å². The molecule has 16 heavy (non-hydrogen) atoms.